The standard InChI is InChI=1S/C18H23F3N2O4/c1-10(2)8-14(22-11(3)24)16(25)23-15(17(26)27)9-12-4-6-13(7-5-12)18(19,20)21/h4-7,10,14-15H,8-9H2,1-3H3,(H,22,24)(H,23,25)(H,26,27)/t14-,15-/m0/s1. The first-order valence-corrected chi connectivity index (χ1v) is 8.36. The van der Waals surface area contributed by atoms with Crippen molar-refractivity contribution in [3.63, 3.8) is 0 Å². The highest BCUT2D eigenvalue weighted by Crippen LogP contribution is 2.29. The van der Waals surface area contributed by atoms with Crippen molar-refractivity contribution < 1.29 is 32.7 Å². The van der Waals surface area contributed by atoms with E-state index < -0.39 is 41.6 Å². The summed E-state index contributed by atoms with van der Waals surface area (Å²) in [6, 6.07) is 1.83. The average Bonchev–Trinajstić information content (AvgIpc) is 2.52. The summed E-state index contributed by atoms with van der Waals surface area (Å²) in [4.78, 5) is 35.1. The number of carbonyl (C=O) groups excluding carboxylic acids is 2. The first-order valence-electron chi connectivity index (χ1n) is 8.36. The molecule has 27 heavy (non-hydrogen) atoms. The molecule has 0 heterocycles. The number of benzene rings is 1. The van der Waals surface area contributed by atoms with Gasteiger partial charge >= 0.3 is 12.1 Å². The Labute approximate surface area is 155 Å². The molecule has 0 saturated heterocycles. The van der Waals surface area contributed by atoms with Gasteiger partial charge in [0.05, 0.1) is 5.56 Å². The fourth-order valence-corrected chi connectivity index (χ4v) is 2.49. The molecule has 0 aliphatic carbocycles. The second kappa shape index (κ2) is 9.38. The Morgan fingerprint density at radius 2 is 1.59 bits per heavy atom. The third kappa shape index (κ3) is 7.67. The van der Waals surface area contributed by atoms with Gasteiger partial charge in [-0.05, 0) is 30.0 Å². The van der Waals surface area contributed by atoms with E-state index in [2.05, 4.69) is 10.6 Å². The number of aliphatic carboxylic acids is 1. The van der Waals surface area contributed by atoms with E-state index in [-0.39, 0.29) is 12.3 Å². The lowest BCUT2D eigenvalue weighted by atomic mass is 10.0. The molecule has 0 unspecified atom stereocenters. The van der Waals surface area contributed by atoms with Gasteiger partial charge in [0.15, 0.2) is 0 Å². The second-order valence-corrected chi connectivity index (χ2v) is 6.68. The number of amides is 2. The van der Waals surface area contributed by atoms with E-state index in [1.165, 1.54) is 19.1 Å². The summed E-state index contributed by atoms with van der Waals surface area (Å²) in [6.07, 6.45) is -4.35. The molecule has 1 aromatic carbocycles. The molecule has 0 radical (unpaired) electrons. The zero-order valence-corrected chi connectivity index (χ0v) is 15.3. The molecule has 0 spiro atoms. The first-order chi connectivity index (χ1) is 12.4. The normalized spacial score (nSPS) is 13.7. The molecule has 3 N–H and O–H groups in total. The molecule has 150 valence electrons. The summed E-state index contributed by atoms with van der Waals surface area (Å²) in [7, 11) is 0. The van der Waals surface area contributed by atoms with Crippen molar-refractivity contribution in [2.75, 3.05) is 0 Å². The largest absolute Gasteiger partial charge is 0.480 e. The Bertz CT molecular complexity index is 672. The fourth-order valence-electron chi connectivity index (χ4n) is 2.49. The number of hydrogen-bond donors (Lipinski definition) is 3. The van der Waals surface area contributed by atoms with Crippen molar-refractivity contribution in [1.29, 1.82) is 0 Å². The van der Waals surface area contributed by atoms with E-state index in [9.17, 15) is 32.7 Å². The van der Waals surface area contributed by atoms with Gasteiger partial charge in [-0.1, -0.05) is 26.0 Å². The summed E-state index contributed by atoms with van der Waals surface area (Å²) >= 11 is 0. The zero-order valence-electron chi connectivity index (χ0n) is 15.3. The van der Waals surface area contributed by atoms with Crippen LogP contribution < -0.4 is 10.6 Å². The lowest BCUT2D eigenvalue weighted by Crippen LogP contribution is -2.52. The predicted molar refractivity (Wildman–Crippen MR) is 91.8 cm³/mol. The van der Waals surface area contributed by atoms with E-state index in [1.807, 2.05) is 13.8 Å². The van der Waals surface area contributed by atoms with Crippen LogP contribution in [0.1, 0.15) is 38.3 Å². The van der Waals surface area contributed by atoms with Crippen LogP contribution in [0.15, 0.2) is 24.3 Å². The highest BCUT2D eigenvalue weighted by Gasteiger charge is 2.30. The van der Waals surface area contributed by atoms with Gasteiger partial charge in [0.2, 0.25) is 11.8 Å². The zero-order chi connectivity index (χ0) is 20.8. The van der Waals surface area contributed by atoms with Gasteiger partial charge in [0.25, 0.3) is 0 Å². The second-order valence-electron chi connectivity index (χ2n) is 6.68. The lowest BCUT2D eigenvalue weighted by Gasteiger charge is -2.22. The molecule has 1 aromatic rings. The van der Waals surface area contributed by atoms with E-state index in [0.717, 1.165) is 12.1 Å². The topological polar surface area (TPSA) is 95.5 Å². The molecular formula is C18H23F3N2O4. The van der Waals surface area contributed by atoms with Gasteiger partial charge in [-0.15, -0.1) is 0 Å². The van der Waals surface area contributed by atoms with Crippen LogP contribution in [0.3, 0.4) is 0 Å². The lowest BCUT2D eigenvalue weighted by molar-refractivity contribution is -0.142. The minimum absolute atomic E-state index is 0.0748. The van der Waals surface area contributed by atoms with E-state index >= 15 is 0 Å². The maximum Gasteiger partial charge on any atom is 0.416 e. The quantitative estimate of drug-likeness (QED) is 0.637. The highest BCUT2D eigenvalue weighted by molar-refractivity contribution is 5.90. The number of nitrogens with one attached hydrogen (secondary N) is 2. The van der Waals surface area contributed by atoms with Crippen molar-refractivity contribution in [2.24, 2.45) is 5.92 Å². The molecule has 0 fully saturated rings. The van der Waals surface area contributed by atoms with Crippen LogP contribution in [0.5, 0.6) is 0 Å². The van der Waals surface area contributed by atoms with Gasteiger partial charge < -0.3 is 15.7 Å². The van der Waals surface area contributed by atoms with Crippen molar-refractivity contribution in [3.8, 4) is 0 Å². The Kier molecular flexibility index (Phi) is 7.81. The van der Waals surface area contributed by atoms with Crippen LogP contribution >= 0.6 is 0 Å². The maximum atomic E-state index is 12.6. The Balaban J connectivity index is 2.87. The average molecular weight is 388 g/mol. The molecular weight excluding hydrogens is 365 g/mol. The van der Waals surface area contributed by atoms with E-state index in [0.29, 0.717) is 12.0 Å². The number of alkyl halides is 3. The third-order valence-corrected chi connectivity index (χ3v) is 3.74. The monoisotopic (exact) mass is 388 g/mol. The van der Waals surface area contributed by atoms with Crippen LogP contribution in [0.4, 0.5) is 13.2 Å². The van der Waals surface area contributed by atoms with Crippen LogP contribution in [-0.4, -0.2) is 35.0 Å². The van der Waals surface area contributed by atoms with Gasteiger partial charge in [-0.25, -0.2) is 4.79 Å². The summed E-state index contributed by atoms with van der Waals surface area (Å²) in [5, 5.41) is 14.2. The molecule has 2 atom stereocenters. The van der Waals surface area contributed by atoms with Crippen molar-refractivity contribution in [1.82, 2.24) is 10.6 Å². The Hall–Kier alpha value is -2.58. The molecule has 2 amide bonds. The molecule has 0 aromatic heterocycles. The van der Waals surface area contributed by atoms with Gasteiger partial charge in [0, 0.05) is 13.3 Å². The van der Waals surface area contributed by atoms with E-state index in [4.69, 9.17) is 0 Å². The van der Waals surface area contributed by atoms with Crippen LogP contribution in [0.25, 0.3) is 0 Å². The SMILES string of the molecule is CC(=O)N[C@@H](CC(C)C)C(=O)N[C@@H](Cc1ccc(C(F)(F)F)cc1)C(=O)O. The number of halogens is 3. The molecule has 1 rings (SSSR count). The third-order valence-electron chi connectivity index (χ3n) is 3.74. The Morgan fingerprint density at radius 1 is 1.04 bits per heavy atom. The van der Waals surface area contributed by atoms with Crippen LogP contribution in [0.2, 0.25) is 0 Å². The minimum Gasteiger partial charge on any atom is -0.480 e. The van der Waals surface area contributed by atoms with Gasteiger partial charge in [0.1, 0.15) is 12.1 Å². The summed E-state index contributed by atoms with van der Waals surface area (Å²) in [5.74, 6) is -2.33. The summed E-state index contributed by atoms with van der Waals surface area (Å²) < 4.78 is 37.8. The van der Waals surface area contributed by atoms with Gasteiger partial charge in [-0.2, -0.15) is 13.2 Å². The number of hydrogen-bond acceptors (Lipinski definition) is 3. The molecule has 9 heteroatoms. The Morgan fingerprint density at radius 3 is 2.00 bits per heavy atom. The van der Waals surface area contributed by atoms with E-state index in [1.54, 1.807) is 0 Å². The number of carbonyl (C=O) groups is 3. The fraction of sp³-hybridized carbons (Fsp3) is 0.500. The number of rotatable bonds is 8. The first kappa shape index (κ1) is 22.5. The molecule has 6 nitrogen and oxygen atoms in total. The molecule has 0 aliphatic rings. The number of carboxylic acid groups (broad SMARTS) is 1. The van der Waals surface area contributed by atoms with Crippen LogP contribution in [-0.2, 0) is 27.0 Å². The maximum absolute atomic E-state index is 12.6. The predicted octanol–water partition coefficient (Wildman–Crippen LogP) is 2.37. The summed E-state index contributed by atoms with van der Waals surface area (Å²) in [5.41, 5.74) is -0.513. The molecule has 0 saturated carbocycles. The van der Waals surface area contributed by atoms with Crippen molar-refractivity contribution in [2.45, 2.75) is 51.9 Å². The summed E-state index contributed by atoms with van der Waals surface area (Å²) in [6.45, 7) is 4.94. The van der Waals surface area contributed by atoms with Crippen molar-refractivity contribution in [3.05, 3.63) is 35.4 Å². The van der Waals surface area contributed by atoms with Crippen LogP contribution in [0, 0.1) is 5.92 Å². The highest BCUT2D eigenvalue weighted by atomic mass is 19.4. The molecule has 0 aliphatic heterocycles. The van der Waals surface area contributed by atoms with Crippen molar-refractivity contribution >= 4 is 17.8 Å². The number of carboxylic acids is 1. The minimum atomic E-state index is -4.48. The smallest absolute Gasteiger partial charge is 0.416 e. The molecule has 0 bridgehead atoms. The van der Waals surface area contributed by atoms with Gasteiger partial charge in [-0.3, -0.25) is 9.59 Å².